The van der Waals surface area contributed by atoms with Crippen LogP contribution in [0, 0.1) is 10.1 Å². The van der Waals surface area contributed by atoms with Crippen molar-refractivity contribution in [1.82, 2.24) is 4.90 Å². The van der Waals surface area contributed by atoms with E-state index in [1.807, 2.05) is 17.5 Å². The van der Waals surface area contributed by atoms with E-state index in [9.17, 15) is 19.7 Å². The van der Waals surface area contributed by atoms with Crippen LogP contribution >= 0.6 is 11.3 Å². The molecule has 9 heteroatoms. The second kappa shape index (κ2) is 7.52. The van der Waals surface area contributed by atoms with Crippen molar-refractivity contribution in [2.75, 3.05) is 18.9 Å². The Bertz CT molecular complexity index is 837. The zero-order valence-corrected chi connectivity index (χ0v) is 14.6. The number of nitrogen functional groups attached to an aromatic ring is 1. The first kappa shape index (κ1) is 17.9. The molecule has 2 aromatic rings. The molecule has 0 spiro atoms. The lowest BCUT2D eigenvalue weighted by Gasteiger charge is -2.23. The maximum absolute atomic E-state index is 12.5. The van der Waals surface area contributed by atoms with Gasteiger partial charge in [-0.05, 0) is 30.4 Å². The third-order valence-electron chi connectivity index (χ3n) is 4.24. The summed E-state index contributed by atoms with van der Waals surface area (Å²) in [5, 5.41) is 12.8. The van der Waals surface area contributed by atoms with Gasteiger partial charge in [-0.2, -0.15) is 0 Å². The van der Waals surface area contributed by atoms with Crippen molar-refractivity contribution in [3.05, 3.63) is 56.3 Å². The standard InChI is InChI=1S/C17H17N3O5S/c18-13-6-5-11(20(23)24)9-12(13)17(22)25-10-16(21)19-7-1-3-14(19)15-4-2-8-26-15/h2,4-6,8-9,14H,1,3,7,10,18H2. The van der Waals surface area contributed by atoms with Gasteiger partial charge in [0.25, 0.3) is 11.6 Å². The molecular formula is C17H17N3O5S. The van der Waals surface area contributed by atoms with Crippen LogP contribution in [0.3, 0.4) is 0 Å². The quantitative estimate of drug-likeness (QED) is 0.372. The third-order valence-corrected chi connectivity index (χ3v) is 5.21. The van der Waals surface area contributed by atoms with E-state index in [0.717, 1.165) is 23.8 Å². The van der Waals surface area contributed by atoms with Crippen molar-refractivity contribution in [2.24, 2.45) is 0 Å². The number of esters is 1. The lowest BCUT2D eigenvalue weighted by molar-refractivity contribution is -0.384. The van der Waals surface area contributed by atoms with Crippen molar-refractivity contribution in [3.8, 4) is 0 Å². The number of ether oxygens (including phenoxy) is 1. The van der Waals surface area contributed by atoms with Gasteiger partial charge in [0.05, 0.1) is 16.5 Å². The fraction of sp³-hybridized carbons (Fsp3) is 0.294. The number of rotatable bonds is 5. The summed E-state index contributed by atoms with van der Waals surface area (Å²) >= 11 is 1.59. The topological polar surface area (TPSA) is 116 Å². The van der Waals surface area contributed by atoms with Gasteiger partial charge in [0.15, 0.2) is 6.61 Å². The first-order valence-electron chi connectivity index (χ1n) is 8.01. The smallest absolute Gasteiger partial charge is 0.341 e. The van der Waals surface area contributed by atoms with Crippen LogP contribution in [0.1, 0.15) is 34.1 Å². The Balaban J connectivity index is 1.65. The molecule has 1 aliphatic rings. The summed E-state index contributed by atoms with van der Waals surface area (Å²) in [7, 11) is 0. The summed E-state index contributed by atoms with van der Waals surface area (Å²) in [6, 6.07) is 7.44. The molecule has 1 aliphatic heterocycles. The Hall–Kier alpha value is -2.94. The highest BCUT2D eigenvalue weighted by atomic mass is 32.1. The van der Waals surface area contributed by atoms with Crippen LogP contribution in [0.5, 0.6) is 0 Å². The maximum Gasteiger partial charge on any atom is 0.341 e. The van der Waals surface area contributed by atoms with E-state index < -0.39 is 17.5 Å². The van der Waals surface area contributed by atoms with Gasteiger partial charge in [-0.3, -0.25) is 14.9 Å². The number of anilines is 1. The van der Waals surface area contributed by atoms with E-state index >= 15 is 0 Å². The van der Waals surface area contributed by atoms with Crippen molar-refractivity contribution in [1.29, 1.82) is 0 Å². The molecule has 3 rings (SSSR count). The molecular weight excluding hydrogens is 358 g/mol. The Morgan fingerprint density at radius 2 is 2.19 bits per heavy atom. The number of amides is 1. The van der Waals surface area contributed by atoms with Crippen LogP contribution in [-0.2, 0) is 9.53 Å². The summed E-state index contributed by atoms with van der Waals surface area (Å²) in [6.07, 6.45) is 1.76. The normalized spacial score (nSPS) is 16.5. The Morgan fingerprint density at radius 1 is 1.38 bits per heavy atom. The van der Waals surface area contributed by atoms with Crippen molar-refractivity contribution < 1.29 is 19.2 Å². The number of nitro groups is 1. The molecule has 2 heterocycles. The van der Waals surface area contributed by atoms with Gasteiger partial charge in [0.1, 0.15) is 0 Å². The number of non-ortho nitro benzene ring substituents is 1. The minimum absolute atomic E-state index is 0.00378. The van der Waals surface area contributed by atoms with Gasteiger partial charge in [-0.1, -0.05) is 6.07 Å². The van der Waals surface area contributed by atoms with Gasteiger partial charge in [0.2, 0.25) is 0 Å². The number of nitrogens with zero attached hydrogens (tertiary/aromatic N) is 2. The van der Waals surface area contributed by atoms with Crippen molar-refractivity contribution in [3.63, 3.8) is 0 Å². The van der Waals surface area contributed by atoms with Crippen LogP contribution < -0.4 is 5.73 Å². The molecule has 1 amide bonds. The fourth-order valence-corrected chi connectivity index (χ4v) is 3.84. The summed E-state index contributed by atoms with van der Waals surface area (Å²) in [6.45, 7) is 0.181. The number of benzene rings is 1. The minimum Gasteiger partial charge on any atom is -0.452 e. The molecule has 1 atom stereocenters. The van der Waals surface area contributed by atoms with Crippen LogP contribution in [-0.4, -0.2) is 34.9 Å². The predicted octanol–water partition coefficient (Wildman–Crippen LogP) is 2.76. The van der Waals surface area contributed by atoms with Gasteiger partial charge < -0.3 is 15.4 Å². The molecule has 1 aromatic carbocycles. The molecule has 8 nitrogen and oxygen atoms in total. The SMILES string of the molecule is Nc1ccc([N+](=O)[O-])cc1C(=O)OCC(=O)N1CCCC1c1cccs1. The van der Waals surface area contributed by atoms with E-state index in [2.05, 4.69) is 0 Å². The number of hydrogen-bond acceptors (Lipinski definition) is 7. The molecule has 0 radical (unpaired) electrons. The van der Waals surface area contributed by atoms with Crippen LogP contribution in [0.25, 0.3) is 0 Å². The number of nitrogens with two attached hydrogens (primary N) is 1. The van der Waals surface area contributed by atoms with Gasteiger partial charge >= 0.3 is 5.97 Å². The summed E-state index contributed by atoms with van der Waals surface area (Å²) in [5.74, 6) is -1.15. The van der Waals surface area contributed by atoms with Gasteiger partial charge in [-0.25, -0.2) is 4.79 Å². The van der Waals surface area contributed by atoms with Crippen molar-refractivity contribution in [2.45, 2.75) is 18.9 Å². The van der Waals surface area contributed by atoms with Crippen LogP contribution in [0.2, 0.25) is 0 Å². The molecule has 136 valence electrons. The second-order valence-corrected chi connectivity index (χ2v) is 6.84. The van der Waals surface area contributed by atoms with E-state index in [-0.39, 0.29) is 28.9 Å². The third kappa shape index (κ3) is 3.67. The average molecular weight is 375 g/mol. The van der Waals surface area contributed by atoms with Crippen LogP contribution in [0.15, 0.2) is 35.7 Å². The Labute approximate surface area is 153 Å². The molecule has 0 bridgehead atoms. The number of likely N-dealkylation sites (tertiary alicyclic amines) is 1. The highest BCUT2D eigenvalue weighted by Crippen LogP contribution is 2.34. The van der Waals surface area contributed by atoms with E-state index in [4.69, 9.17) is 10.5 Å². The number of carbonyl (C=O) groups is 2. The fourth-order valence-electron chi connectivity index (χ4n) is 2.96. The minimum atomic E-state index is -0.855. The Kier molecular flexibility index (Phi) is 5.17. The Morgan fingerprint density at radius 3 is 2.88 bits per heavy atom. The molecule has 1 unspecified atom stereocenters. The molecule has 2 N–H and O–H groups in total. The summed E-state index contributed by atoms with van der Waals surface area (Å²) < 4.78 is 5.05. The number of nitro benzene ring substituents is 1. The predicted molar refractivity (Wildman–Crippen MR) is 95.8 cm³/mol. The summed E-state index contributed by atoms with van der Waals surface area (Å²) in [5.41, 5.74) is 5.36. The van der Waals surface area contributed by atoms with Crippen LogP contribution in [0.4, 0.5) is 11.4 Å². The number of hydrogen-bond donors (Lipinski definition) is 1. The monoisotopic (exact) mass is 375 g/mol. The maximum atomic E-state index is 12.5. The van der Waals surface area contributed by atoms with E-state index in [1.165, 1.54) is 12.1 Å². The molecule has 1 fully saturated rings. The molecule has 0 aliphatic carbocycles. The highest BCUT2D eigenvalue weighted by Gasteiger charge is 2.31. The van der Waals surface area contributed by atoms with E-state index in [1.54, 1.807) is 16.2 Å². The zero-order valence-electron chi connectivity index (χ0n) is 13.8. The lowest BCUT2D eigenvalue weighted by Crippen LogP contribution is -2.34. The molecule has 26 heavy (non-hydrogen) atoms. The largest absolute Gasteiger partial charge is 0.452 e. The number of carbonyl (C=O) groups excluding carboxylic acids is 2. The summed E-state index contributed by atoms with van der Waals surface area (Å²) in [4.78, 5) is 37.6. The van der Waals surface area contributed by atoms with Gasteiger partial charge in [-0.15, -0.1) is 11.3 Å². The molecule has 1 aromatic heterocycles. The van der Waals surface area contributed by atoms with E-state index in [0.29, 0.717) is 6.54 Å². The first-order valence-corrected chi connectivity index (χ1v) is 8.89. The first-order chi connectivity index (χ1) is 12.5. The zero-order chi connectivity index (χ0) is 18.7. The second-order valence-electron chi connectivity index (χ2n) is 5.87. The highest BCUT2D eigenvalue weighted by molar-refractivity contribution is 7.10. The molecule has 1 saturated heterocycles. The lowest BCUT2D eigenvalue weighted by atomic mass is 10.1. The molecule has 0 saturated carbocycles. The average Bonchev–Trinajstić information content (AvgIpc) is 3.30. The van der Waals surface area contributed by atoms with Crippen molar-refractivity contribution >= 4 is 34.6 Å². The van der Waals surface area contributed by atoms with Gasteiger partial charge in [0, 0.05) is 29.2 Å². The number of thiophene rings is 1.